The van der Waals surface area contributed by atoms with Crippen LogP contribution in [-0.2, 0) is 0 Å². The van der Waals surface area contributed by atoms with Gasteiger partial charge in [-0.1, -0.05) is 70.2 Å². The van der Waals surface area contributed by atoms with Crippen molar-refractivity contribution in [1.29, 1.82) is 0 Å². The molecule has 0 aromatic heterocycles. The molecule has 0 heterocycles. The fraction of sp³-hybridized carbons (Fsp3) is 0.724. The van der Waals surface area contributed by atoms with Gasteiger partial charge in [0.05, 0.1) is 0 Å². The van der Waals surface area contributed by atoms with Gasteiger partial charge in [-0.05, 0) is 92.1 Å². The summed E-state index contributed by atoms with van der Waals surface area (Å²) in [5.74, 6) is 2.27. The maximum absolute atomic E-state index is 15.1. The zero-order valence-corrected chi connectivity index (χ0v) is 19.7. The van der Waals surface area contributed by atoms with Crippen molar-refractivity contribution >= 4 is 0 Å². The second-order valence-electron chi connectivity index (χ2n) is 11.0. The molecule has 2 saturated carbocycles. The molecule has 0 amide bonds. The van der Waals surface area contributed by atoms with Crippen LogP contribution in [0.5, 0.6) is 0 Å². The molecule has 172 valence electrons. The standard InChI is InChI=1S/C29H42F2/c1-3-4-5-21-8-12-22(13-9-21)23-14-16-25(17-15-23)27-19-18-26(28(30)29(27)31)24-10-6-20(2)7-11-24/h6,10,18-25H,3-5,7-9,11-17H2,1-2H3. The van der Waals surface area contributed by atoms with E-state index in [0.29, 0.717) is 17.0 Å². The van der Waals surface area contributed by atoms with Gasteiger partial charge in [0.2, 0.25) is 0 Å². The molecule has 1 aromatic rings. The van der Waals surface area contributed by atoms with Gasteiger partial charge in [0, 0.05) is 5.92 Å². The average molecular weight is 429 g/mol. The van der Waals surface area contributed by atoms with Crippen molar-refractivity contribution in [1.82, 2.24) is 0 Å². The van der Waals surface area contributed by atoms with Crippen LogP contribution in [0.4, 0.5) is 8.78 Å². The molecule has 0 radical (unpaired) electrons. The first kappa shape index (κ1) is 23.0. The van der Waals surface area contributed by atoms with Crippen LogP contribution in [0.1, 0.15) is 120 Å². The van der Waals surface area contributed by atoms with Crippen molar-refractivity contribution in [3.63, 3.8) is 0 Å². The second-order valence-corrected chi connectivity index (χ2v) is 11.0. The topological polar surface area (TPSA) is 0 Å². The zero-order valence-electron chi connectivity index (χ0n) is 19.7. The molecule has 0 aliphatic heterocycles. The van der Waals surface area contributed by atoms with Gasteiger partial charge in [0.1, 0.15) is 0 Å². The molecule has 31 heavy (non-hydrogen) atoms. The molecule has 3 aliphatic rings. The number of hydrogen-bond acceptors (Lipinski definition) is 0. The Hall–Kier alpha value is -1.18. The first-order valence-corrected chi connectivity index (χ1v) is 13.2. The highest BCUT2D eigenvalue weighted by Crippen LogP contribution is 2.45. The molecule has 0 spiro atoms. The molecule has 2 heteroatoms. The van der Waals surface area contributed by atoms with Crippen LogP contribution in [0.15, 0.2) is 24.3 Å². The molecule has 3 aliphatic carbocycles. The van der Waals surface area contributed by atoms with Crippen LogP contribution < -0.4 is 0 Å². The van der Waals surface area contributed by atoms with Gasteiger partial charge in [0.25, 0.3) is 0 Å². The van der Waals surface area contributed by atoms with Crippen LogP contribution in [0.3, 0.4) is 0 Å². The number of halogens is 2. The summed E-state index contributed by atoms with van der Waals surface area (Å²) in [5, 5.41) is 0. The van der Waals surface area contributed by atoms with Crippen molar-refractivity contribution in [3.05, 3.63) is 47.0 Å². The van der Waals surface area contributed by atoms with E-state index in [1.807, 2.05) is 12.1 Å². The van der Waals surface area contributed by atoms with E-state index in [1.54, 1.807) is 0 Å². The molecule has 1 aromatic carbocycles. The molecule has 4 rings (SSSR count). The maximum atomic E-state index is 15.1. The van der Waals surface area contributed by atoms with Crippen LogP contribution >= 0.6 is 0 Å². The Morgan fingerprint density at radius 3 is 1.97 bits per heavy atom. The highest BCUT2D eigenvalue weighted by atomic mass is 19.2. The number of rotatable bonds is 6. The van der Waals surface area contributed by atoms with E-state index in [1.165, 1.54) is 57.8 Å². The highest BCUT2D eigenvalue weighted by molar-refractivity contribution is 5.34. The molecule has 0 bridgehead atoms. The summed E-state index contributed by atoms with van der Waals surface area (Å²) in [6.07, 6.45) is 20.4. The summed E-state index contributed by atoms with van der Waals surface area (Å²) in [5.41, 5.74) is 1.19. The third-order valence-corrected chi connectivity index (χ3v) is 8.88. The smallest absolute Gasteiger partial charge is 0.162 e. The van der Waals surface area contributed by atoms with Gasteiger partial charge in [-0.25, -0.2) is 8.78 Å². The van der Waals surface area contributed by atoms with E-state index in [9.17, 15) is 4.39 Å². The second kappa shape index (κ2) is 10.6. The summed E-state index contributed by atoms with van der Waals surface area (Å²) in [6, 6.07) is 3.78. The molecule has 2 unspecified atom stereocenters. The van der Waals surface area contributed by atoms with E-state index >= 15 is 4.39 Å². The lowest BCUT2D eigenvalue weighted by molar-refractivity contribution is 0.155. The quantitative estimate of drug-likeness (QED) is 0.396. The Labute approximate surface area is 188 Å². The van der Waals surface area contributed by atoms with E-state index < -0.39 is 11.6 Å². The van der Waals surface area contributed by atoms with E-state index in [-0.39, 0.29) is 11.8 Å². The minimum atomic E-state index is -0.589. The molecule has 2 atom stereocenters. The third kappa shape index (κ3) is 5.42. The van der Waals surface area contributed by atoms with Crippen LogP contribution in [0.25, 0.3) is 0 Å². The van der Waals surface area contributed by atoms with Crippen molar-refractivity contribution in [2.24, 2.45) is 23.7 Å². The van der Waals surface area contributed by atoms with Gasteiger partial charge in [-0.2, -0.15) is 0 Å². The Morgan fingerprint density at radius 1 is 0.742 bits per heavy atom. The largest absolute Gasteiger partial charge is 0.203 e. The van der Waals surface area contributed by atoms with Crippen molar-refractivity contribution in [2.45, 2.75) is 109 Å². The molecular weight excluding hydrogens is 386 g/mol. The average Bonchev–Trinajstić information content (AvgIpc) is 2.81. The SMILES string of the molecule is CCCCC1CCC(C2CCC(c3ccc(C4C=CC(C)CC4)c(F)c3F)CC2)CC1. The Kier molecular flexibility index (Phi) is 7.88. The summed E-state index contributed by atoms with van der Waals surface area (Å²) in [4.78, 5) is 0. The fourth-order valence-corrected chi connectivity index (χ4v) is 6.74. The van der Waals surface area contributed by atoms with Crippen LogP contribution in [0.2, 0.25) is 0 Å². The summed E-state index contributed by atoms with van der Waals surface area (Å²) in [6.45, 7) is 4.47. The number of unbranched alkanes of at least 4 members (excludes halogenated alkanes) is 1. The van der Waals surface area contributed by atoms with Gasteiger partial charge in [0.15, 0.2) is 11.6 Å². The Balaban J connectivity index is 1.33. The Bertz CT molecular complexity index is 735. The molecule has 0 nitrogen and oxygen atoms in total. The van der Waals surface area contributed by atoms with Crippen molar-refractivity contribution in [2.75, 3.05) is 0 Å². The fourth-order valence-electron chi connectivity index (χ4n) is 6.74. The molecule has 0 saturated heterocycles. The first-order valence-electron chi connectivity index (χ1n) is 13.2. The lowest BCUT2D eigenvalue weighted by Crippen LogP contribution is -2.25. The summed E-state index contributed by atoms with van der Waals surface area (Å²) >= 11 is 0. The predicted octanol–water partition coefficient (Wildman–Crippen LogP) is 9.30. The van der Waals surface area contributed by atoms with Gasteiger partial charge in [-0.15, -0.1) is 0 Å². The van der Waals surface area contributed by atoms with Gasteiger partial charge < -0.3 is 0 Å². The molecular formula is C29H42F2. The van der Waals surface area contributed by atoms with Crippen LogP contribution in [0, 0.1) is 35.3 Å². The van der Waals surface area contributed by atoms with E-state index in [0.717, 1.165) is 43.4 Å². The predicted molar refractivity (Wildman–Crippen MR) is 126 cm³/mol. The minimum absolute atomic E-state index is 0.0305. The number of allylic oxidation sites excluding steroid dienone is 2. The molecule has 0 N–H and O–H groups in total. The van der Waals surface area contributed by atoms with E-state index in [4.69, 9.17) is 0 Å². The lowest BCUT2D eigenvalue weighted by Gasteiger charge is -2.38. The summed E-state index contributed by atoms with van der Waals surface area (Å²) in [7, 11) is 0. The maximum Gasteiger partial charge on any atom is 0.162 e. The van der Waals surface area contributed by atoms with E-state index in [2.05, 4.69) is 26.0 Å². The summed E-state index contributed by atoms with van der Waals surface area (Å²) < 4.78 is 30.1. The normalized spacial score (nSPS) is 34.1. The Morgan fingerprint density at radius 2 is 1.35 bits per heavy atom. The highest BCUT2D eigenvalue weighted by Gasteiger charge is 2.33. The minimum Gasteiger partial charge on any atom is -0.203 e. The van der Waals surface area contributed by atoms with Gasteiger partial charge >= 0.3 is 0 Å². The van der Waals surface area contributed by atoms with Gasteiger partial charge in [-0.3, -0.25) is 0 Å². The monoisotopic (exact) mass is 428 g/mol. The number of hydrogen-bond donors (Lipinski definition) is 0. The van der Waals surface area contributed by atoms with Crippen molar-refractivity contribution in [3.8, 4) is 0 Å². The van der Waals surface area contributed by atoms with Crippen LogP contribution in [-0.4, -0.2) is 0 Å². The zero-order chi connectivity index (χ0) is 21.8. The number of benzene rings is 1. The first-order chi connectivity index (χ1) is 15.1. The molecule has 2 fully saturated rings. The third-order valence-electron chi connectivity index (χ3n) is 8.88. The lowest BCUT2D eigenvalue weighted by atomic mass is 9.68. The van der Waals surface area contributed by atoms with Crippen molar-refractivity contribution < 1.29 is 8.78 Å².